The molecule has 0 bridgehead atoms. The normalized spacial score (nSPS) is 32.6. The smallest absolute Gasteiger partial charge is 0.233 e. The highest BCUT2D eigenvalue weighted by Gasteiger charge is 2.48. The molecule has 4 nitrogen and oxygen atoms in total. The van der Waals surface area contributed by atoms with Crippen molar-refractivity contribution in [2.75, 3.05) is 19.8 Å². The highest BCUT2D eigenvalue weighted by Crippen LogP contribution is 2.38. The second-order valence-corrected chi connectivity index (χ2v) is 7.17. The van der Waals surface area contributed by atoms with Crippen LogP contribution >= 0.6 is 15.9 Å². The van der Waals surface area contributed by atoms with Gasteiger partial charge in [-0.25, -0.2) is 0 Å². The minimum atomic E-state index is -0.589. The minimum Gasteiger partial charge on any atom is -0.379 e. The van der Waals surface area contributed by atoms with Gasteiger partial charge in [-0.3, -0.25) is 4.79 Å². The molecule has 114 valence electrons. The van der Waals surface area contributed by atoms with Crippen LogP contribution in [0.25, 0.3) is 0 Å². The monoisotopic (exact) mass is 352 g/mol. The van der Waals surface area contributed by atoms with Gasteiger partial charge in [0.15, 0.2) is 0 Å². The van der Waals surface area contributed by atoms with Gasteiger partial charge < -0.3 is 15.4 Å². The van der Waals surface area contributed by atoms with Gasteiger partial charge in [0.05, 0.1) is 24.7 Å². The third-order valence-corrected chi connectivity index (χ3v) is 5.25. The summed E-state index contributed by atoms with van der Waals surface area (Å²) in [5.74, 6) is 0.134. The van der Waals surface area contributed by atoms with Gasteiger partial charge in [-0.2, -0.15) is 0 Å². The standard InChI is InChI=1S/C16H21BrN2O2/c1-16(10-21-9-14(16)18)15(20)19-7-3-6-13(19)11-4-2-5-12(17)8-11/h2,4-5,8,13-14H,3,6-7,9-10,18H2,1H3. The van der Waals surface area contributed by atoms with E-state index in [4.69, 9.17) is 10.5 Å². The van der Waals surface area contributed by atoms with Gasteiger partial charge >= 0.3 is 0 Å². The lowest BCUT2D eigenvalue weighted by molar-refractivity contribution is -0.142. The van der Waals surface area contributed by atoms with Crippen molar-refractivity contribution in [1.29, 1.82) is 0 Å². The molecule has 3 rings (SSSR count). The van der Waals surface area contributed by atoms with Crippen LogP contribution in [-0.4, -0.2) is 36.6 Å². The molecule has 2 aliphatic rings. The Labute approximate surface area is 133 Å². The summed E-state index contributed by atoms with van der Waals surface area (Å²) in [4.78, 5) is 15.0. The number of rotatable bonds is 2. The third-order valence-electron chi connectivity index (χ3n) is 4.75. The van der Waals surface area contributed by atoms with Crippen LogP contribution in [0.2, 0.25) is 0 Å². The molecule has 2 aliphatic heterocycles. The highest BCUT2D eigenvalue weighted by atomic mass is 79.9. The number of likely N-dealkylation sites (tertiary alicyclic amines) is 1. The molecule has 5 heteroatoms. The van der Waals surface area contributed by atoms with Crippen molar-refractivity contribution < 1.29 is 9.53 Å². The van der Waals surface area contributed by atoms with Gasteiger partial charge in [0.2, 0.25) is 5.91 Å². The van der Waals surface area contributed by atoms with Crippen molar-refractivity contribution in [3.8, 4) is 0 Å². The molecule has 2 fully saturated rings. The first-order chi connectivity index (χ1) is 10.0. The molecule has 1 amide bonds. The predicted octanol–water partition coefficient (Wildman–Crippen LogP) is 2.48. The van der Waals surface area contributed by atoms with Crippen LogP contribution in [0.4, 0.5) is 0 Å². The van der Waals surface area contributed by atoms with Gasteiger partial charge in [0, 0.05) is 17.1 Å². The van der Waals surface area contributed by atoms with Crippen molar-refractivity contribution in [1.82, 2.24) is 4.90 Å². The average Bonchev–Trinajstić information content (AvgIpc) is 3.07. The second-order valence-electron chi connectivity index (χ2n) is 6.25. The molecule has 0 spiro atoms. The number of benzene rings is 1. The van der Waals surface area contributed by atoms with Gasteiger partial charge in [-0.05, 0) is 37.5 Å². The topological polar surface area (TPSA) is 55.6 Å². The fourth-order valence-corrected chi connectivity index (χ4v) is 3.72. The summed E-state index contributed by atoms with van der Waals surface area (Å²) >= 11 is 3.51. The molecule has 1 aromatic carbocycles. The molecule has 21 heavy (non-hydrogen) atoms. The zero-order valence-corrected chi connectivity index (χ0v) is 13.8. The Kier molecular flexibility index (Phi) is 4.08. The number of hydrogen-bond acceptors (Lipinski definition) is 3. The Morgan fingerprint density at radius 2 is 2.33 bits per heavy atom. The van der Waals surface area contributed by atoms with Gasteiger partial charge in [-0.1, -0.05) is 28.1 Å². The Morgan fingerprint density at radius 1 is 1.52 bits per heavy atom. The number of hydrogen-bond donors (Lipinski definition) is 1. The average molecular weight is 353 g/mol. The first kappa shape index (κ1) is 15.0. The molecule has 0 aromatic heterocycles. The fraction of sp³-hybridized carbons (Fsp3) is 0.562. The van der Waals surface area contributed by atoms with Crippen LogP contribution in [0.1, 0.15) is 31.4 Å². The maximum Gasteiger partial charge on any atom is 0.233 e. The molecular weight excluding hydrogens is 332 g/mol. The molecule has 1 aromatic rings. The van der Waals surface area contributed by atoms with E-state index in [0.717, 1.165) is 23.9 Å². The Bertz CT molecular complexity index is 551. The largest absolute Gasteiger partial charge is 0.379 e. The number of nitrogens with two attached hydrogens (primary N) is 1. The van der Waals surface area contributed by atoms with Crippen LogP contribution < -0.4 is 5.73 Å². The second kappa shape index (κ2) is 5.71. The summed E-state index contributed by atoms with van der Waals surface area (Å²) in [7, 11) is 0. The molecular formula is C16H21BrN2O2. The van der Waals surface area contributed by atoms with Gasteiger partial charge in [0.25, 0.3) is 0 Å². The number of carbonyl (C=O) groups is 1. The molecule has 2 saturated heterocycles. The van der Waals surface area contributed by atoms with E-state index < -0.39 is 5.41 Å². The van der Waals surface area contributed by atoms with Gasteiger partial charge in [0.1, 0.15) is 0 Å². The maximum absolute atomic E-state index is 13.0. The van der Waals surface area contributed by atoms with Crippen molar-refractivity contribution in [3.05, 3.63) is 34.3 Å². The molecule has 2 N–H and O–H groups in total. The first-order valence-electron chi connectivity index (χ1n) is 7.42. The lowest BCUT2D eigenvalue weighted by atomic mass is 9.83. The van der Waals surface area contributed by atoms with Crippen molar-refractivity contribution in [2.24, 2.45) is 11.1 Å². The zero-order valence-electron chi connectivity index (χ0n) is 12.2. The van der Waals surface area contributed by atoms with Crippen LogP contribution in [-0.2, 0) is 9.53 Å². The fourth-order valence-electron chi connectivity index (χ4n) is 3.31. The van der Waals surface area contributed by atoms with E-state index in [9.17, 15) is 4.79 Å². The van der Waals surface area contributed by atoms with Crippen LogP contribution in [0, 0.1) is 5.41 Å². The summed E-state index contributed by atoms with van der Waals surface area (Å²) in [6, 6.07) is 8.16. The molecule has 3 unspecified atom stereocenters. The first-order valence-corrected chi connectivity index (χ1v) is 8.21. The predicted molar refractivity (Wildman–Crippen MR) is 84.7 cm³/mol. The van der Waals surface area contributed by atoms with E-state index in [-0.39, 0.29) is 18.0 Å². The van der Waals surface area contributed by atoms with Crippen molar-refractivity contribution in [2.45, 2.75) is 31.8 Å². The number of carbonyl (C=O) groups excluding carboxylic acids is 1. The number of nitrogens with zero attached hydrogens (tertiary/aromatic N) is 1. The van der Waals surface area contributed by atoms with E-state index in [2.05, 4.69) is 28.1 Å². The molecule has 0 radical (unpaired) electrons. The number of ether oxygens (including phenoxy) is 1. The van der Waals surface area contributed by atoms with E-state index in [0.29, 0.717) is 13.2 Å². The van der Waals surface area contributed by atoms with Crippen LogP contribution in [0.15, 0.2) is 28.7 Å². The summed E-state index contributed by atoms with van der Waals surface area (Å²) in [6.07, 6.45) is 2.05. The Balaban J connectivity index is 1.86. The summed E-state index contributed by atoms with van der Waals surface area (Å²) in [5.41, 5.74) is 6.71. The number of amides is 1. The summed E-state index contributed by atoms with van der Waals surface area (Å²) < 4.78 is 6.48. The quantitative estimate of drug-likeness (QED) is 0.889. The number of halogens is 1. The molecule has 0 aliphatic carbocycles. The lowest BCUT2D eigenvalue weighted by Gasteiger charge is -2.34. The van der Waals surface area contributed by atoms with Crippen molar-refractivity contribution >= 4 is 21.8 Å². The van der Waals surface area contributed by atoms with Crippen molar-refractivity contribution in [3.63, 3.8) is 0 Å². The van der Waals surface area contributed by atoms with Crippen LogP contribution in [0.5, 0.6) is 0 Å². The van der Waals surface area contributed by atoms with E-state index in [1.54, 1.807) is 0 Å². The van der Waals surface area contributed by atoms with E-state index >= 15 is 0 Å². The minimum absolute atomic E-state index is 0.134. The molecule has 0 saturated carbocycles. The molecule has 3 atom stereocenters. The Morgan fingerprint density at radius 3 is 3.00 bits per heavy atom. The third kappa shape index (κ3) is 2.62. The summed E-state index contributed by atoms with van der Waals surface area (Å²) in [5, 5.41) is 0. The van der Waals surface area contributed by atoms with E-state index in [1.807, 2.05) is 24.0 Å². The van der Waals surface area contributed by atoms with E-state index in [1.165, 1.54) is 5.56 Å². The maximum atomic E-state index is 13.0. The zero-order chi connectivity index (χ0) is 15.0. The Hall–Kier alpha value is -0.910. The SMILES string of the molecule is CC1(C(=O)N2CCCC2c2cccc(Br)c2)COCC1N. The molecule has 2 heterocycles. The van der Waals surface area contributed by atoms with Gasteiger partial charge in [-0.15, -0.1) is 0 Å². The highest BCUT2D eigenvalue weighted by molar-refractivity contribution is 9.10. The lowest BCUT2D eigenvalue weighted by Crippen LogP contribution is -2.51. The summed E-state index contributed by atoms with van der Waals surface area (Å²) in [6.45, 7) is 3.63. The van der Waals surface area contributed by atoms with Crippen LogP contribution in [0.3, 0.4) is 0 Å².